The number of benzene rings is 2. The van der Waals surface area contributed by atoms with Crippen LogP contribution in [0.4, 0.5) is 5.69 Å². The first-order valence-electron chi connectivity index (χ1n) is 11.5. The van der Waals surface area contributed by atoms with Crippen LogP contribution in [0.15, 0.2) is 70.7 Å². The van der Waals surface area contributed by atoms with Crippen molar-refractivity contribution in [2.24, 2.45) is 0 Å². The SMILES string of the molecule is COC(=O)c1c(Cc2cccnc2)c(-c2ccc(C(C)=O)s2)c(N)c(C)c1S(=O)(=O)c1ccc(OC)cc1. The van der Waals surface area contributed by atoms with Gasteiger partial charge in [0.15, 0.2) is 5.78 Å². The Hall–Kier alpha value is -4.02. The zero-order chi connectivity index (χ0) is 27.6. The van der Waals surface area contributed by atoms with E-state index in [2.05, 4.69) is 4.98 Å². The summed E-state index contributed by atoms with van der Waals surface area (Å²) < 4.78 is 38.4. The van der Waals surface area contributed by atoms with Gasteiger partial charge in [0.2, 0.25) is 9.84 Å². The van der Waals surface area contributed by atoms with Crippen LogP contribution in [-0.4, -0.2) is 39.4 Å². The maximum atomic E-state index is 14.0. The lowest BCUT2D eigenvalue weighted by Crippen LogP contribution is -2.19. The van der Waals surface area contributed by atoms with Crippen molar-refractivity contribution in [2.75, 3.05) is 20.0 Å². The molecule has 0 saturated carbocycles. The summed E-state index contributed by atoms with van der Waals surface area (Å²) in [6.45, 7) is 3.03. The molecule has 0 radical (unpaired) electrons. The summed E-state index contributed by atoms with van der Waals surface area (Å²) in [6, 6.07) is 12.9. The highest BCUT2D eigenvalue weighted by molar-refractivity contribution is 7.91. The number of nitrogens with zero attached hydrogens (tertiary/aromatic N) is 1. The van der Waals surface area contributed by atoms with E-state index >= 15 is 0 Å². The molecule has 196 valence electrons. The lowest BCUT2D eigenvalue weighted by molar-refractivity contribution is 0.0595. The molecule has 0 atom stereocenters. The zero-order valence-electron chi connectivity index (χ0n) is 21.3. The molecule has 0 saturated heterocycles. The predicted octanol–water partition coefficient (Wildman–Crippen LogP) is 5.12. The van der Waals surface area contributed by atoms with Gasteiger partial charge in [-0.25, -0.2) is 13.2 Å². The Bertz CT molecular complexity index is 1630. The second kappa shape index (κ2) is 10.8. The number of sulfone groups is 1. The van der Waals surface area contributed by atoms with Gasteiger partial charge in [-0.2, -0.15) is 0 Å². The van der Waals surface area contributed by atoms with Gasteiger partial charge in [-0.15, -0.1) is 11.3 Å². The van der Waals surface area contributed by atoms with E-state index in [9.17, 15) is 18.0 Å². The normalized spacial score (nSPS) is 11.3. The van der Waals surface area contributed by atoms with E-state index in [1.807, 2.05) is 6.07 Å². The summed E-state index contributed by atoms with van der Waals surface area (Å²) >= 11 is 1.22. The maximum Gasteiger partial charge on any atom is 0.339 e. The van der Waals surface area contributed by atoms with Gasteiger partial charge < -0.3 is 15.2 Å². The number of anilines is 1. The van der Waals surface area contributed by atoms with Crippen molar-refractivity contribution in [1.82, 2.24) is 4.98 Å². The van der Waals surface area contributed by atoms with Crippen LogP contribution in [0, 0.1) is 6.92 Å². The minimum Gasteiger partial charge on any atom is -0.497 e. The van der Waals surface area contributed by atoms with Gasteiger partial charge in [0.25, 0.3) is 0 Å². The molecule has 2 aromatic carbocycles. The van der Waals surface area contributed by atoms with E-state index in [1.54, 1.807) is 37.5 Å². The van der Waals surface area contributed by atoms with Gasteiger partial charge in [-0.3, -0.25) is 9.78 Å². The van der Waals surface area contributed by atoms with E-state index in [0.717, 1.165) is 5.56 Å². The molecular formula is C28H26N2O6S2. The number of carbonyl (C=O) groups is 2. The highest BCUT2D eigenvalue weighted by atomic mass is 32.2. The molecule has 0 aliphatic heterocycles. The summed E-state index contributed by atoms with van der Waals surface area (Å²) in [5.74, 6) is -0.444. The average molecular weight is 551 g/mol. The summed E-state index contributed by atoms with van der Waals surface area (Å²) in [7, 11) is -1.55. The molecule has 0 bridgehead atoms. The highest BCUT2D eigenvalue weighted by Gasteiger charge is 2.34. The number of Topliss-reactive ketones (excluding diaryl/α,β-unsaturated/α-hetero) is 1. The Morgan fingerprint density at radius 2 is 1.76 bits per heavy atom. The molecule has 2 N–H and O–H groups in total. The number of aromatic nitrogens is 1. The molecule has 0 aliphatic rings. The van der Waals surface area contributed by atoms with Crippen LogP contribution >= 0.6 is 11.3 Å². The first kappa shape index (κ1) is 27.0. The second-order valence-electron chi connectivity index (χ2n) is 8.53. The minimum atomic E-state index is -4.23. The fourth-order valence-electron chi connectivity index (χ4n) is 4.28. The van der Waals surface area contributed by atoms with Gasteiger partial charge in [0.1, 0.15) is 5.75 Å². The van der Waals surface area contributed by atoms with Crippen LogP contribution in [0.2, 0.25) is 0 Å². The monoisotopic (exact) mass is 550 g/mol. The Balaban J connectivity index is 2.11. The molecule has 0 amide bonds. The lowest BCUT2D eigenvalue weighted by Gasteiger charge is -2.22. The van der Waals surface area contributed by atoms with Crippen molar-refractivity contribution in [3.05, 3.63) is 88.1 Å². The van der Waals surface area contributed by atoms with Crippen molar-refractivity contribution in [3.8, 4) is 16.2 Å². The fraction of sp³-hybridized carbons (Fsp3) is 0.179. The molecule has 10 heteroatoms. The number of hydrogen-bond acceptors (Lipinski definition) is 9. The quantitative estimate of drug-likeness (QED) is 0.182. The van der Waals surface area contributed by atoms with Gasteiger partial charge in [-0.05, 0) is 73.0 Å². The number of methoxy groups -OCH3 is 2. The number of pyridine rings is 1. The first-order chi connectivity index (χ1) is 18.1. The van der Waals surface area contributed by atoms with Crippen molar-refractivity contribution in [2.45, 2.75) is 30.1 Å². The largest absolute Gasteiger partial charge is 0.497 e. The van der Waals surface area contributed by atoms with Crippen LogP contribution in [0.25, 0.3) is 10.4 Å². The second-order valence-corrected chi connectivity index (χ2v) is 11.5. The van der Waals surface area contributed by atoms with Crippen molar-refractivity contribution in [3.63, 3.8) is 0 Å². The van der Waals surface area contributed by atoms with E-state index in [1.165, 1.54) is 56.7 Å². The van der Waals surface area contributed by atoms with E-state index in [0.29, 0.717) is 26.6 Å². The highest BCUT2D eigenvalue weighted by Crippen LogP contribution is 2.44. The number of ketones is 1. The van der Waals surface area contributed by atoms with Crippen LogP contribution in [0.3, 0.4) is 0 Å². The number of ether oxygens (including phenoxy) is 2. The van der Waals surface area contributed by atoms with Gasteiger partial charge in [0, 0.05) is 34.9 Å². The Morgan fingerprint density at radius 1 is 1.05 bits per heavy atom. The molecule has 2 aromatic heterocycles. The summed E-state index contributed by atoms with van der Waals surface area (Å²) in [4.78, 5) is 30.5. The first-order valence-corrected chi connectivity index (χ1v) is 13.8. The standard InChI is InChI=1S/C28H26N2O6S2/c1-16-26(29)24(23-12-11-22(37-23)17(2)31)21(14-18-6-5-13-30-15-18)25(28(32)36-4)27(16)38(33,34)20-9-7-19(35-3)8-10-20/h5-13,15H,14,29H2,1-4H3. The molecule has 0 fully saturated rings. The predicted molar refractivity (Wildman–Crippen MR) is 146 cm³/mol. The number of nitrogens with two attached hydrogens (primary N) is 1. The fourth-order valence-corrected chi connectivity index (χ4v) is 6.98. The van der Waals surface area contributed by atoms with Gasteiger partial charge in [-0.1, -0.05) is 6.07 Å². The van der Waals surface area contributed by atoms with Gasteiger partial charge in [0.05, 0.1) is 34.5 Å². The van der Waals surface area contributed by atoms with Crippen molar-refractivity contribution < 1.29 is 27.5 Å². The van der Waals surface area contributed by atoms with Crippen LogP contribution in [0.1, 0.15) is 43.6 Å². The number of rotatable bonds is 8. The van der Waals surface area contributed by atoms with Crippen LogP contribution in [-0.2, 0) is 21.0 Å². The summed E-state index contributed by atoms with van der Waals surface area (Å²) in [5, 5.41) is 0. The van der Waals surface area contributed by atoms with E-state index in [4.69, 9.17) is 15.2 Å². The third kappa shape index (κ3) is 4.92. The van der Waals surface area contributed by atoms with Crippen LogP contribution in [0.5, 0.6) is 5.75 Å². The summed E-state index contributed by atoms with van der Waals surface area (Å²) in [5.41, 5.74) is 8.55. The number of carbonyl (C=O) groups excluding carboxylic acids is 2. The number of esters is 1. The molecule has 0 spiro atoms. The Labute approximate surface area is 225 Å². The molecule has 4 aromatic rings. The number of nitrogen functional groups attached to an aromatic ring is 1. The van der Waals surface area contributed by atoms with E-state index in [-0.39, 0.29) is 38.8 Å². The number of hydrogen-bond donors (Lipinski definition) is 1. The average Bonchev–Trinajstić information content (AvgIpc) is 3.41. The molecule has 2 heterocycles. The smallest absolute Gasteiger partial charge is 0.339 e. The third-order valence-corrected chi connectivity index (χ3v) is 9.32. The maximum absolute atomic E-state index is 14.0. The minimum absolute atomic E-state index is 0.0268. The van der Waals surface area contributed by atoms with Crippen LogP contribution < -0.4 is 10.5 Å². The van der Waals surface area contributed by atoms with E-state index < -0.39 is 15.8 Å². The third-order valence-electron chi connectivity index (χ3n) is 6.18. The number of thiophene rings is 1. The summed E-state index contributed by atoms with van der Waals surface area (Å²) in [6.07, 6.45) is 3.40. The molecule has 38 heavy (non-hydrogen) atoms. The topological polar surface area (TPSA) is 126 Å². The molecule has 8 nitrogen and oxygen atoms in total. The Kier molecular flexibility index (Phi) is 7.66. The van der Waals surface area contributed by atoms with Crippen molar-refractivity contribution >= 4 is 38.6 Å². The van der Waals surface area contributed by atoms with Gasteiger partial charge >= 0.3 is 5.97 Å². The zero-order valence-corrected chi connectivity index (χ0v) is 22.9. The molecule has 0 unspecified atom stereocenters. The molecular weight excluding hydrogens is 524 g/mol. The van der Waals surface area contributed by atoms with Crippen molar-refractivity contribution in [1.29, 1.82) is 0 Å². The Morgan fingerprint density at radius 3 is 2.32 bits per heavy atom. The molecule has 0 aliphatic carbocycles. The molecule has 4 rings (SSSR count). The lowest BCUT2D eigenvalue weighted by atomic mass is 9.90.